The maximum absolute atomic E-state index is 10.6. The number of thioether (sulfide) groups is 1. The van der Waals surface area contributed by atoms with Gasteiger partial charge in [-0.25, -0.2) is 0 Å². The van der Waals surface area contributed by atoms with Crippen LogP contribution in [0, 0.1) is 0 Å². The Labute approximate surface area is 82.8 Å². The van der Waals surface area contributed by atoms with Crippen molar-refractivity contribution in [3.63, 3.8) is 0 Å². The molecule has 0 spiro atoms. The predicted octanol–water partition coefficient (Wildman–Crippen LogP) is 2.29. The Bertz CT molecular complexity index is 261. The lowest BCUT2D eigenvalue weighted by Gasteiger charge is -1.98. The van der Waals surface area contributed by atoms with Crippen molar-refractivity contribution >= 4 is 16.9 Å². The second kappa shape index (κ2) is 5.75. The standard InChI is InChI=1S/C10H13NOS/c1-9(12)13-8-2-3-10-4-6-11-7-5-10/h4-7H,2-3,8H2,1H3. The zero-order valence-electron chi connectivity index (χ0n) is 7.69. The fourth-order valence-corrected chi connectivity index (χ4v) is 1.62. The first kappa shape index (κ1) is 10.3. The van der Waals surface area contributed by atoms with E-state index in [1.54, 1.807) is 19.3 Å². The summed E-state index contributed by atoms with van der Waals surface area (Å²) < 4.78 is 0. The van der Waals surface area contributed by atoms with E-state index in [2.05, 4.69) is 4.98 Å². The third kappa shape index (κ3) is 4.68. The van der Waals surface area contributed by atoms with E-state index < -0.39 is 0 Å². The fourth-order valence-electron chi connectivity index (χ4n) is 1.04. The number of aromatic nitrogens is 1. The molecular weight excluding hydrogens is 182 g/mol. The van der Waals surface area contributed by atoms with Crippen LogP contribution >= 0.6 is 11.8 Å². The Morgan fingerprint density at radius 2 is 2.15 bits per heavy atom. The molecular formula is C10H13NOS. The highest BCUT2D eigenvalue weighted by molar-refractivity contribution is 8.13. The summed E-state index contributed by atoms with van der Waals surface area (Å²) in [5.41, 5.74) is 1.29. The van der Waals surface area contributed by atoms with Crippen molar-refractivity contribution in [3.05, 3.63) is 30.1 Å². The summed E-state index contributed by atoms with van der Waals surface area (Å²) in [5, 5.41) is 0.203. The van der Waals surface area contributed by atoms with Gasteiger partial charge in [0.2, 0.25) is 0 Å². The lowest BCUT2D eigenvalue weighted by Crippen LogP contribution is -1.90. The maximum Gasteiger partial charge on any atom is 0.185 e. The van der Waals surface area contributed by atoms with Gasteiger partial charge in [-0.15, -0.1) is 0 Å². The van der Waals surface area contributed by atoms with Crippen LogP contribution in [-0.2, 0) is 11.2 Å². The van der Waals surface area contributed by atoms with Crippen molar-refractivity contribution in [1.82, 2.24) is 4.98 Å². The Kier molecular flexibility index (Phi) is 4.54. The Morgan fingerprint density at radius 3 is 2.77 bits per heavy atom. The van der Waals surface area contributed by atoms with Crippen molar-refractivity contribution in [1.29, 1.82) is 0 Å². The Morgan fingerprint density at radius 1 is 1.46 bits per heavy atom. The highest BCUT2D eigenvalue weighted by Crippen LogP contribution is 2.07. The zero-order valence-corrected chi connectivity index (χ0v) is 8.51. The lowest BCUT2D eigenvalue weighted by molar-refractivity contribution is -0.109. The van der Waals surface area contributed by atoms with E-state index in [4.69, 9.17) is 0 Å². The molecule has 2 nitrogen and oxygen atoms in total. The molecule has 0 radical (unpaired) electrons. The molecule has 0 N–H and O–H groups in total. The quantitative estimate of drug-likeness (QED) is 0.690. The summed E-state index contributed by atoms with van der Waals surface area (Å²) in [6.07, 6.45) is 5.68. The average molecular weight is 195 g/mol. The van der Waals surface area contributed by atoms with Crippen molar-refractivity contribution in [3.8, 4) is 0 Å². The van der Waals surface area contributed by atoms with Crippen LogP contribution in [0.1, 0.15) is 18.9 Å². The molecule has 0 saturated heterocycles. The van der Waals surface area contributed by atoms with Gasteiger partial charge < -0.3 is 0 Å². The van der Waals surface area contributed by atoms with Gasteiger partial charge in [0.05, 0.1) is 0 Å². The van der Waals surface area contributed by atoms with Gasteiger partial charge in [0, 0.05) is 25.1 Å². The van der Waals surface area contributed by atoms with Crippen molar-refractivity contribution in [2.45, 2.75) is 19.8 Å². The van der Waals surface area contributed by atoms with Gasteiger partial charge in [-0.1, -0.05) is 11.8 Å². The second-order valence-corrected chi connectivity index (χ2v) is 4.07. The van der Waals surface area contributed by atoms with Gasteiger partial charge in [-0.2, -0.15) is 0 Å². The topological polar surface area (TPSA) is 30.0 Å². The molecule has 0 saturated carbocycles. The summed E-state index contributed by atoms with van der Waals surface area (Å²) >= 11 is 1.40. The minimum atomic E-state index is 0.203. The molecule has 13 heavy (non-hydrogen) atoms. The van der Waals surface area contributed by atoms with Crippen LogP contribution in [0.15, 0.2) is 24.5 Å². The van der Waals surface area contributed by atoms with Crippen LogP contribution in [0.25, 0.3) is 0 Å². The molecule has 1 heterocycles. The van der Waals surface area contributed by atoms with Crippen molar-refractivity contribution in [2.24, 2.45) is 0 Å². The minimum absolute atomic E-state index is 0.203. The van der Waals surface area contributed by atoms with Gasteiger partial charge in [0.15, 0.2) is 5.12 Å². The van der Waals surface area contributed by atoms with Crippen LogP contribution in [0.4, 0.5) is 0 Å². The number of hydrogen-bond acceptors (Lipinski definition) is 3. The molecule has 0 aliphatic heterocycles. The van der Waals surface area contributed by atoms with E-state index in [9.17, 15) is 4.79 Å². The third-order valence-corrected chi connectivity index (χ3v) is 2.56. The van der Waals surface area contributed by atoms with E-state index >= 15 is 0 Å². The summed E-state index contributed by atoms with van der Waals surface area (Å²) in [6, 6.07) is 4.02. The zero-order chi connectivity index (χ0) is 9.52. The number of hydrogen-bond donors (Lipinski definition) is 0. The summed E-state index contributed by atoms with van der Waals surface area (Å²) in [4.78, 5) is 14.6. The van der Waals surface area contributed by atoms with Gasteiger partial charge in [-0.3, -0.25) is 9.78 Å². The fraction of sp³-hybridized carbons (Fsp3) is 0.400. The van der Waals surface area contributed by atoms with E-state index in [1.807, 2.05) is 12.1 Å². The number of carbonyl (C=O) groups is 1. The Balaban J connectivity index is 2.17. The van der Waals surface area contributed by atoms with Crippen LogP contribution < -0.4 is 0 Å². The van der Waals surface area contributed by atoms with E-state index in [1.165, 1.54) is 17.3 Å². The Hall–Kier alpha value is -0.830. The van der Waals surface area contributed by atoms with Crippen LogP contribution in [0.5, 0.6) is 0 Å². The third-order valence-electron chi connectivity index (χ3n) is 1.66. The van der Waals surface area contributed by atoms with E-state index in [-0.39, 0.29) is 5.12 Å². The summed E-state index contributed by atoms with van der Waals surface area (Å²) in [7, 11) is 0. The van der Waals surface area contributed by atoms with Crippen LogP contribution in [-0.4, -0.2) is 15.9 Å². The summed E-state index contributed by atoms with van der Waals surface area (Å²) in [5.74, 6) is 0.914. The normalized spacial score (nSPS) is 9.92. The van der Waals surface area contributed by atoms with Gasteiger partial charge in [0.1, 0.15) is 0 Å². The molecule has 3 heteroatoms. The monoisotopic (exact) mass is 195 g/mol. The van der Waals surface area contributed by atoms with Gasteiger partial charge in [-0.05, 0) is 30.5 Å². The molecule has 0 fully saturated rings. The molecule has 1 aromatic heterocycles. The molecule has 0 aliphatic carbocycles. The maximum atomic E-state index is 10.6. The number of aryl methyl sites for hydroxylation is 1. The van der Waals surface area contributed by atoms with Crippen LogP contribution in [0.3, 0.4) is 0 Å². The number of carbonyl (C=O) groups excluding carboxylic acids is 1. The molecule has 0 unspecified atom stereocenters. The first-order chi connectivity index (χ1) is 6.29. The van der Waals surface area contributed by atoms with Crippen LogP contribution in [0.2, 0.25) is 0 Å². The molecule has 0 aromatic carbocycles. The average Bonchev–Trinajstić information content (AvgIpc) is 2.14. The largest absolute Gasteiger partial charge is 0.288 e. The molecule has 0 bridgehead atoms. The van der Waals surface area contributed by atoms with Gasteiger partial charge in [0.25, 0.3) is 0 Å². The molecule has 0 atom stereocenters. The highest BCUT2D eigenvalue weighted by atomic mass is 32.2. The lowest BCUT2D eigenvalue weighted by atomic mass is 10.2. The molecule has 0 amide bonds. The predicted molar refractivity (Wildman–Crippen MR) is 55.7 cm³/mol. The van der Waals surface area contributed by atoms with Crippen molar-refractivity contribution < 1.29 is 4.79 Å². The summed E-state index contributed by atoms with van der Waals surface area (Å²) in [6.45, 7) is 1.61. The molecule has 70 valence electrons. The first-order valence-corrected chi connectivity index (χ1v) is 5.30. The number of rotatable bonds is 4. The molecule has 1 rings (SSSR count). The number of pyridine rings is 1. The van der Waals surface area contributed by atoms with Gasteiger partial charge >= 0.3 is 0 Å². The SMILES string of the molecule is CC(=O)SCCCc1ccncc1. The highest BCUT2D eigenvalue weighted by Gasteiger charge is 1.95. The smallest absolute Gasteiger partial charge is 0.185 e. The van der Waals surface area contributed by atoms with E-state index in [0.29, 0.717) is 0 Å². The molecule has 0 aliphatic rings. The van der Waals surface area contributed by atoms with E-state index in [0.717, 1.165) is 18.6 Å². The number of nitrogens with zero attached hydrogens (tertiary/aromatic N) is 1. The second-order valence-electron chi connectivity index (χ2n) is 2.80. The molecule has 1 aromatic rings. The minimum Gasteiger partial charge on any atom is -0.288 e. The first-order valence-electron chi connectivity index (χ1n) is 4.31. The van der Waals surface area contributed by atoms with Crippen molar-refractivity contribution in [2.75, 3.05) is 5.75 Å².